The molecule has 1 heterocycles. The van der Waals surface area contributed by atoms with Crippen LogP contribution in [-0.2, 0) is 22.6 Å². The average molecular weight is 333 g/mol. The predicted molar refractivity (Wildman–Crippen MR) is 90.8 cm³/mol. The SMILES string of the molecule is CCCc1n[nH]c(=S)n1CC(=O)Nc1ccc(NC(C)=O)cc1. The second-order valence-corrected chi connectivity index (χ2v) is 5.47. The molecule has 0 spiro atoms. The standard InChI is InChI=1S/C15H19N5O2S/c1-3-4-13-18-19-15(23)20(13)9-14(22)17-12-7-5-11(6-8-12)16-10(2)21/h5-8H,3-4,9H2,1-2H3,(H,16,21)(H,17,22)(H,19,23). The van der Waals surface area contributed by atoms with E-state index in [9.17, 15) is 9.59 Å². The van der Waals surface area contributed by atoms with Crippen LogP contribution in [0.2, 0.25) is 0 Å². The molecule has 7 nitrogen and oxygen atoms in total. The van der Waals surface area contributed by atoms with E-state index >= 15 is 0 Å². The molecule has 23 heavy (non-hydrogen) atoms. The summed E-state index contributed by atoms with van der Waals surface area (Å²) < 4.78 is 2.13. The van der Waals surface area contributed by atoms with Gasteiger partial charge in [0.25, 0.3) is 0 Å². The number of hydrogen-bond donors (Lipinski definition) is 3. The third-order valence-corrected chi connectivity index (χ3v) is 3.41. The highest BCUT2D eigenvalue weighted by atomic mass is 32.1. The van der Waals surface area contributed by atoms with Crippen molar-refractivity contribution in [3.8, 4) is 0 Å². The maximum absolute atomic E-state index is 12.2. The highest BCUT2D eigenvalue weighted by Crippen LogP contribution is 2.13. The first-order valence-corrected chi connectivity index (χ1v) is 7.72. The molecule has 0 unspecified atom stereocenters. The van der Waals surface area contributed by atoms with Crippen LogP contribution in [0.25, 0.3) is 0 Å². The van der Waals surface area contributed by atoms with E-state index in [1.165, 1.54) is 6.92 Å². The normalized spacial score (nSPS) is 10.3. The number of nitrogens with one attached hydrogen (secondary N) is 3. The van der Waals surface area contributed by atoms with Gasteiger partial charge in [-0.05, 0) is 42.9 Å². The Morgan fingerprint density at radius 2 is 1.83 bits per heavy atom. The summed E-state index contributed by atoms with van der Waals surface area (Å²) in [6.07, 6.45) is 1.68. The van der Waals surface area contributed by atoms with Crippen LogP contribution in [0.4, 0.5) is 11.4 Å². The van der Waals surface area contributed by atoms with Gasteiger partial charge in [0.2, 0.25) is 11.8 Å². The first kappa shape index (κ1) is 16.9. The zero-order valence-corrected chi connectivity index (χ0v) is 13.9. The van der Waals surface area contributed by atoms with Crippen LogP contribution in [-0.4, -0.2) is 26.6 Å². The number of carbonyl (C=O) groups is 2. The highest BCUT2D eigenvalue weighted by molar-refractivity contribution is 7.71. The zero-order valence-electron chi connectivity index (χ0n) is 13.0. The highest BCUT2D eigenvalue weighted by Gasteiger charge is 2.10. The molecule has 8 heteroatoms. The van der Waals surface area contributed by atoms with Crippen LogP contribution in [0.1, 0.15) is 26.1 Å². The fraction of sp³-hybridized carbons (Fsp3) is 0.333. The van der Waals surface area contributed by atoms with E-state index in [1.54, 1.807) is 28.8 Å². The van der Waals surface area contributed by atoms with Crippen LogP contribution in [0.5, 0.6) is 0 Å². The lowest BCUT2D eigenvalue weighted by Crippen LogP contribution is -2.20. The Balaban J connectivity index is 2.01. The number of rotatable bonds is 6. The molecule has 0 atom stereocenters. The molecule has 0 radical (unpaired) electrons. The van der Waals surface area contributed by atoms with Crippen molar-refractivity contribution in [1.29, 1.82) is 0 Å². The average Bonchev–Trinajstić information content (AvgIpc) is 2.82. The van der Waals surface area contributed by atoms with Crippen molar-refractivity contribution >= 4 is 35.4 Å². The van der Waals surface area contributed by atoms with Gasteiger partial charge in [0, 0.05) is 24.7 Å². The van der Waals surface area contributed by atoms with Crippen LogP contribution in [0, 0.1) is 4.77 Å². The first-order valence-electron chi connectivity index (χ1n) is 7.31. The van der Waals surface area contributed by atoms with Gasteiger partial charge in [-0.1, -0.05) is 6.92 Å². The fourth-order valence-corrected chi connectivity index (χ4v) is 2.33. The molecule has 0 fully saturated rings. The molecule has 1 aromatic heterocycles. The van der Waals surface area contributed by atoms with Crippen molar-refractivity contribution in [2.75, 3.05) is 10.6 Å². The van der Waals surface area contributed by atoms with E-state index in [4.69, 9.17) is 12.2 Å². The summed E-state index contributed by atoms with van der Waals surface area (Å²) in [6, 6.07) is 6.90. The van der Waals surface area contributed by atoms with Gasteiger partial charge >= 0.3 is 0 Å². The zero-order chi connectivity index (χ0) is 16.8. The second-order valence-electron chi connectivity index (χ2n) is 5.09. The van der Waals surface area contributed by atoms with E-state index in [-0.39, 0.29) is 18.4 Å². The predicted octanol–water partition coefficient (Wildman–Crippen LogP) is 2.49. The van der Waals surface area contributed by atoms with Gasteiger partial charge in [0.15, 0.2) is 4.77 Å². The molecule has 0 saturated heterocycles. The Kier molecular flexibility index (Phi) is 5.64. The Hall–Kier alpha value is -2.48. The molecule has 0 saturated carbocycles. The summed E-state index contributed by atoms with van der Waals surface area (Å²) in [4.78, 5) is 23.1. The van der Waals surface area contributed by atoms with Gasteiger partial charge < -0.3 is 10.6 Å². The lowest BCUT2D eigenvalue weighted by Gasteiger charge is -2.09. The summed E-state index contributed by atoms with van der Waals surface area (Å²) >= 11 is 5.15. The third kappa shape index (κ3) is 4.75. The lowest BCUT2D eigenvalue weighted by molar-refractivity contribution is -0.117. The smallest absolute Gasteiger partial charge is 0.244 e. The summed E-state index contributed by atoms with van der Waals surface area (Å²) in [5, 5.41) is 12.3. The molecular weight excluding hydrogens is 314 g/mol. The molecule has 2 rings (SSSR count). The minimum absolute atomic E-state index is 0.109. The summed E-state index contributed by atoms with van der Waals surface area (Å²) in [5.74, 6) is 0.445. The molecular formula is C15H19N5O2S. The number of aromatic amines is 1. The molecule has 0 aliphatic carbocycles. The Bertz CT molecular complexity index is 748. The number of H-pyrrole nitrogens is 1. The largest absolute Gasteiger partial charge is 0.326 e. The summed E-state index contributed by atoms with van der Waals surface area (Å²) in [6.45, 7) is 3.59. The molecule has 122 valence electrons. The van der Waals surface area contributed by atoms with Gasteiger partial charge in [0.1, 0.15) is 12.4 Å². The first-order chi connectivity index (χ1) is 11.0. The Morgan fingerprint density at radius 1 is 1.22 bits per heavy atom. The lowest BCUT2D eigenvalue weighted by atomic mass is 10.2. The molecule has 2 amide bonds. The molecule has 0 aliphatic heterocycles. The van der Waals surface area contributed by atoms with Gasteiger partial charge in [-0.3, -0.25) is 19.3 Å². The van der Waals surface area contributed by atoms with Crippen LogP contribution in [0.3, 0.4) is 0 Å². The molecule has 3 N–H and O–H groups in total. The quantitative estimate of drug-likeness (QED) is 0.708. The molecule has 2 aromatic rings. The number of carbonyl (C=O) groups excluding carboxylic acids is 2. The molecule has 1 aromatic carbocycles. The number of anilines is 2. The van der Waals surface area contributed by atoms with Crippen molar-refractivity contribution in [3.05, 3.63) is 34.9 Å². The van der Waals surface area contributed by atoms with Gasteiger partial charge in [-0.15, -0.1) is 0 Å². The summed E-state index contributed by atoms with van der Waals surface area (Å²) in [5.41, 5.74) is 1.33. The van der Waals surface area contributed by atoms with Crippen molar-refractivity contribution in [2.45, 2.75) is 33.2 Å². The van der Waals surface area contributed by atoms with Crippen molar-refractivity contribution in [3.63, 3.8) is 0 Å². The van der Waals surface area contributed by atoms with E-state index < -0.39 is 0 Å². The number of amides is 2. The van der Waals surface area contributed by atoms with E-state index in [1.807, 2.05) is 6.92 Å². The van der Waals surface area contributed by atoms with Gasteiger partial charge in [-0.2, -0.15) is 5.10 Å². The molecule has 0 aliphatic rings. The maximum Gasteiger partial charge on any atom is 0.244 e. The Morgan fingerprint density at radius 3 is 2.39 bits per heavy atom. The van der Waals surface area contributed by atoms with Crippen LogP contribution >= 0.6 is 12.2 Å². The van der Waals surface area contributed by atoms with Crippen molar-refractivity contribution in [2.24, 2.45) is 0 Å². The van der Waals surface area contributed by atoms with Gasteiger partial charge in [-0.25, -0.2) is 0 Å². The number of aromatic nitrogens is 3. The number of hydrogen-bond acceptors (Lipinski definition) is 4. The summed E-state index contributed by atoms with van der Waals surface area (Å²) in [7, 11) is 0. The number of nitrogens with zero attached hydrogens (tertiary/aromatic N) is 2. The van der Waals surface area contributed by atoms with Crippen LogP contribution < -0.4 is 10.6 Å². The van der Waals surface area contributed by atoms with E-state index in [0.29, 0.717) is 16.1 Å². The Labute approximate surface area is 139 Å². The second kappa shape index (κ2) is 7.68. The van der Waals surface area contributed by atoms with Gasteiger partial charge in [0.05, 0.1) is 0 Å². The fourth-order valence-electron chi connectivity index (χ4n) is 2.11. The number of benzene rings is 1. The topological polar surface area (TPSA) is 91.8 Å². The minimum Gasteiger partial charge on any atom is -0.326 e. The third-order valence-electron chi connectivity index (χ3n) is 3.10. The van der Waals surface area contributed by atoms with E-state index in [0.717, 1.165) is 18.7 Å². The van der Waals surface area contributed by atoms with Crippen LogP contribution in [0.15, 0.2) is 24.3 Å². The maximum atomic E-state index is 12.2. The van der Waals surface area contributed by atoms with Crippen molar-refractivity contribution in [1.82, 2.24) is 14.8 Å². The van der Waals surface area contributed by atoms with E-state index in [2.05, 4.69) is 20.8 Å². The monoisotopic (exact) mass is 333 g/mol. The minimum atomic E-state index is -0.188. The molecule has 0 bridgehead atoms. The number of aryl methyl sites for hydroxylation is 1. The van der Waals surface area contributed by atoms with Crippen molar-refractivity contribution < 1.29 is 9.59 Å².